The summed E-state index contributed by atoms with van der Waals surface area (Å²) < 4.78 is 10.6. The lowest BCUT2D eigenvalue weighted by Crippen LogP contribution is -2.45. The van der Waals surface area contributed by atoms with Crippen LogP contribution in [-0.2, 0) is 14.3 Å². The molecule has 2 unspecified atom stereocenters. The SMILES string of the molecule is CC.CC.CN1C(CC(SCCO)C(=O)N2CCOC2=O)COC1(C)C.Cc1ccccc1. The van der Waals surface area contributed by atoms with Gasteiger partial charge in [0.1, 0.15) is 12.3 Å². The zero-order valence-electron chi connectivity index (χ0n) is 21.7. The molecular weight excluding hydrogens is 440 g/mol. The van der Waals surface area contributed by atoms with Crippen molar-refractivity contribution in [2.45, 2.75) is 71.9 Å². The molecule has 0 aliphatic carbocycles. The lowest BCUT2D eigenvalue weighted by atomic mass is 10.1. The van der Waals surface area contributed by atoms with Crippen LogP contribution in [0.3, 0.4) is 0 Å². The lowest BCUT2D eigenvalue weighted by molar-refractivity contribution is -0.127. The molecule has 2 heterocycles. The van der Waals surface area contributed by atoms with Gasteiger partial charge >= 0.3 is 6.09 Å². The molecule has 2 saturated heterocycles. The number of imide groups is 1. The molecule has 190 valence electrons. The number of likely N-dealkylation sites (N-methyl/N-ethyl adjacent to an activating group) is 1. The van der Waals surface area contributed by atoms with Crippen LogP contribution >= 0.6 is 11.8 Å². The molecule has 0 spiro atoms. The third-order valence-corrected chi connectivity index (χ3v) is 6.38. The van der Waals surface area contributed by atoms with Crippen LogP contribution in [0.2, 0.25) is 0 Å². The number of thioether (sulfide) groups is 1. The number of benzene rings is 1. The van der Waals surface area contributed by atoms with Crippen molar-refractivity contribution in [3.63, 3.8) is 0 Å². The molecule has 2 aliphatic heterocycles. The Hall–Kier alpha value is -1.61. The number of aliphatic hydroxyl groups excluding tert-OH is 1. The second kappa shape index (κ2) is 16.9. The number of cyclic esters (lactones) is 1. The van der Waals surface area contributed by atoms with Gasteiger partial charge in [0.15, 0.2) is 0 Å². The largest absolute Gasteiger partial charge is 0.447 e. The van der Waals surface area contributed by atoms with Gasteiger partial charge in [0, 0.05) is 11.8 Å². The number of hydrogen-bond acceptors (Lipinski definition) is 7. The fourth-order valence-corrected chi connectivity index (χ4v) is 4.18. The summed E-state index contributed by atoms with van der Waals surface area (Å²) in [6.45, 7) is 15.2. The topological polar surface area (TPSA) is 79.3 Å². The minimum atomic E-state index is -0.573. The van der Waals surface area contributed by atoms with E-state index < -0.39 is 6.09 Å². The number of nitrogens with zero attached hydrogens (tertiary/aromatic N) is 2. The monoisotopic (exact) mass is 484 g/mol. The van der Waals surface area contributed by atoms with Crippen molar-refractivity contribution in [2.24, 2.45) is 0 Å². The number of ether oxygens (including phenoxy) is 2. The van der Waals surface area contributed by atoms with Gasteiger partial charge in [0.2, 0.25) is 5.91 Å². The van der Waals surface area contributed by atoms with Crippen LogP contribution in [0.15, 0.2) is 30.3 Å². The first kappa shape index (κ1) is 31.4. The number of carbonyl (C=O) groups is 2. The number of rotatable bonds is 6. The van der Waals surface area contributed by atoms with Crippen molar-refractivity contribution in [2.75, 3.05) is 39.2 Å². The minimum Gasteiger partial charge on any atom is -0.447 e. The van der Waals surface area contributed by atoms with Gasteiger partial charge in [0.25, 0.3) is 0 Å². The van der Waals surface area contributed by atoms with Gasteiger partial charge < -0.3 is 14.6 Å². The van der Waals surface area contributed by atoms with Gasteiger partial charge in [-0.25, -0.2) is 9.69 Å². The molecular formula is C25H44N2O5S. The first-order chi connectivity index (χ1) is 15.8. The van der Waals surface area contributed by atoms with Crippen LogP contribution in [0, 0.1) is 6.92 Å². The van der Waals surface area contributed by atoms with E-state index in [1.165, 1.54) is 17.3 Å². The predicted octanol–water partition coefficient (Wildman–Crippen LogP) is 4.56. The molecule has 0 aromatic heterocycles. The quantitative estimate of drug-likeness (QED) is 0.634. The minimum absolute atomic E-state index is 0.00138. The molecule has 0 radical (unpaired) electrons. The maximum Gasteiger partial charge on any atom is 0.416 e. The van der Waals surface area contributed by atoms with E-state index in [2.05, 4.69) is 24.0 Å². The fraction of sp³-hybridized carbons (Fsp3) is 0.680. The maximum absolute atomic E-state index is 12.6. The molecule has 3 rings (SSSR count). The van der Waals surface area contributed by atoms with E-state index in [9.17, 15) is 9.59 Å². The molecule has 8 heteroatoms. The maximum atomic E-state index is 12.6. The zero-order valence-corrected chi connectivity index (χ0v) is 22.5. The Morgan fingerprint density at radius 1 is 1.21 bits per heavy atom. The third kappa shape index (κ3) is 10.5. The van der Waals surface area contributed by atoms with E-state index in [0.29, 0.717) is 25.3 Å². The Bertz CT molecular complexity index is 672. The van der Waals surface area contributed by atoms with Crippen molar-refractivity contribution in [1.82, 2.24) is 9.80 Å². The molecule has 2 aliphatic rings. The summed E-state index contributed by atoms with van der Waals surface area (Å²) in [6.07, 6.45) is 0.00341. The number of amides is 2. The molecule has 33 heavy (non-hydrogen) atoms. The van der Waals surface area contributed by atoms with Crippen LogP contribution in [0.25, 0.3) is 0 Å². The predicted molar refractivity (Wildman–Crippen MR) is 136 cm³/mol. The second-order valence-electron chi connectivity index (χ2n) is 7.60. The highest BCUT2D eigenvalue weighted by Crippen LogP contribution is 2.31. The Balaban J connectivity index is 0.000000776. The summed E-state index contributed by atoms with van der Waals surface area (Å²) in [5.74, 6) is 0.221. The highest BCUT2D eigenvalue weighted by atomic mass is 32.2. The van der Waals surface area contributed by atoms with Crippen molar-refractivity contribution >= 4 is 23.8 Å². The van der Waals surface area contributed by atoms with Crippen LogP contribution in [-0.4, -0.2) is 83.1 Å². The van der Waals surface area contributed by atoms with Gasteiger partial charge in [-0.1, -0.05) is 63.6 Å². The molecule has 1 aromatic rings. The van der Waals surface area contributed by atoms with E-state index in [1.54, 1.807) is 0 Å². The third-order valence-electron chi connectivity index (χ3n) is 5.17. The molecule has 0 bridgehead atoms. The number of carbonyl (C=O) groups excluding carboxylic acids is 2. The summed E-state index contributed by atoms with van der Waals surface area (Å²) in [6, 6.07) is 10.4. The molecule has 1 aromatic carbocycles. The lowest BCUT2D eigenvalue weighted by Gasteiger charge is -2.31. The van der Waals surface area contributed by atoms with Crippen molar-refractivity contribution in [3.8, 4) is 0 Å². The number of hydrogen-bond donors (Lipinski definition) is 1. The molecule has 2 amide bonds. The molecule has 0 saturated carbocycles. The molecule has 2 atom stereocenters. The van der Waals surface area contributed by atoms with Crippen molar-refractivity contribution in [1.29, 1.82) is 0 Å². The average molecular weight is 485 g/mol. The summed E-state index contributed by atoms with van der Waals surface area (Å²) in [5, 5.41) is 8.65. The first-order valence-corrected chi connectivity index (χ1v) is 12.9. The molecule has 1 N–H and O–H groups in total. The van der Waals surface area contributed by atoms with Gasteiger partial charge in [-0.05, 0) is 34.2 Å². The fourth-order valence-electron chi connectivity index (χ4n) is 3.16. The Kier molecular flexibility index (Phi) is 16.1. The Morgan fingerprint density at radius 2 is 1.82 bits per heavy atom. The number of aryl methyl sites for hydroxylation is 1. The van der Waals surface area contributed by atoms with Gasteiger partial charge in [-0.15, -0.1) is 11.8 Å². The molecule has 7 nitrogen and oxygen atoms in total. The van der Waals surface area contributed by atoms with E-state index in [4.69, 9.17) is 14.6 Å². The van der Waals surface area contributed by atoms with E-state index in [1.807, 2.05) is 66.8 Å². The smallest absolute Gasteiger partial charge is 0.416 e. The average Bonchev–Trinajstić information content (AvgIpc) is 3.37. The highest BCUT2D eigenvalue weighted by Gasteiger charge is 2.41. The van der Waals surface area contributed by atoms with E-state index in [0.717, 1.165) is 4.90 Å². The van der Waals surface area contributed by atoms with Gasteiger partial charge in [-0.2, -0.15) is 0 Å². The second-order valence-corrected chi connectivity index (χ2v) is 8.91. The van der Waals surface area contributed by atoms with Crippen molar-refractivity contribution < 1.29 is 24.2 Å². The van der Waals surface area contributed by atoms with Gasteiger partial charge in [0.05, 0.1) is 25.0 Å². The van der Waals surface area contributed by atoms with Crippen LogP contribution < -0.4 is 0 Å². The van der Waals surface area contributed by atoms with Crippen LogP contribution in [0.4, 0.5) is 4.79 Å². The zero-order chi connectivity index (χ0) is 25.4. The Morgan fingerprint density at radius 3 is 2.21 bits per heavy atom. The van der Waals surface area contributed by atoms with Crippen LogP contribution in [0.1, 0.15) is 53.5 Å². The van der Waals surface area contributed by atoms with Gasteiger partial charge in [-0.3, -0.25) is 9.69 Å². The highest BCUT2D eigenvalue weighted by molar-refractivity contribution is 8.00. The van der Waals surface area contributed by atoms with Crippen LogP contribution in [0.5, 0.6) is 0 Å². The molecule has 2 fully saturated rings. The van der Waals surface area contributed by atoms with E-state index >= 15 is 0 Å². The normalized spacial score (nSPS) is 19.7. The first-order valence-electron chi connectivity index (χ1n) is 11.9. The summed E-state index contributed by atoms with van der Waals surface area (Å²) >= 11 is 1.38. The summed E-state index contributed by atoms with van der Waals surface area (Å²) in [4.78, 5) is 27.4. The van der Waals surface area contributed by atoms with E-state index in [-0.39, 0.29) is 36.1 Å². The summed E-state index contributed by atoms with van der Waals surface area (Å²) in [5.41, 5.74) is 0.967. The number of aliphatic hydroxyl groups is 1. The Labute approximate surface area is 204 Å². The van der Waals surface area contributed by atoms with Crippen molar-refractivity contribution in [3.05, 3.63) is 35.9 Å². The summed E-state index contributed by atoms with van der Waals surface area (Å²) in [7, 11) is 1.97. The standard InChI is InChI=1S/C14H24N2O5S.C7H8.2C2H6/c1-14(2)15(3)10(9-21-14)8-11(22-7-5-17)12(18)16-4-6-20-13(16)19;1-7-5-3-2-4-6-7;2*1-2/h10-11,17H,4-9H2,1-3H3;2-6H,1H3;2*1-2H3.